The molecule has 1 amide bonds. The van der Waals surface area contributed by atoms with E-state index in [0.29, 0.717) is 5.41 Å². The molecule has 0 aromatic carbocycles. The van der Waals surface area contributed by atoms with Crippen molar-refractivity contribution in [2.45, 2.75) is 46.0 Å². The van der Waals surface area contributed by atoms with Crippen LogP contribution in [0.3, 0.4) is 0 Å². The van der Waals surface area contributed by atoms with Gasteiger partial charge in [-0.15, -0.1) is 0 Å². The van der Waals surface area contributed by atoms with E-state index in [2.05, 4.69) is 28.2 Å². The first kappa shape index (κ1) is 13.0. The van der Waals surface area contributed by atoms with Crippen molar-refractivity contribution in [3.05, 3.63) is 0 Å². The highest BCUT2D eigenvalue weighted by atomic mass is 79.9. The topological polar surface area (TPSA) is 29.1 Å². The first-order valence-electron chi connectivity index (χ1n) is 5.97. The lowest BCUT2D eigenvalue weighted by atomic mass is 10.0. The van der Waals surface area contributed by atoms with E-state index in [1.165, 1.54) is 19.3 Å². The molecule has 1 aliphatic rings. The summed E-state index contributed by atoms with van der Waals surface area (Å²) in [6.45, 7) is 5.02. The molecular weight excluding hydrogens is 254 g/mol. The lowest BCUT2D eigenvalue weighted by Crippen LogP contribution is -2.34. The van der Waals surface area contributed by atoms with E-state index in [9.17, 15) is 4.79 Å². The fourth-order valence-electron chi connectivity index (χ4n) is 1.91. The zero-order chi connectivity index (χ0) is 11.3. The number of alkyl halides is 1. The largest absolute Gasteiger partial charge is 0.355 e. The van der Waals surface area contributed by atoms with Crippen LogP contribution in [0.4, 0.5) is 0 Å². The third-order valence-corrected chi connectivity index (χ3v) is 3.79. The predicted octanol–water partition coefficient (Wildman–Crippen LogP) is 3.10. The number of nitrogens with one attached hydrogen (secondary N) is 1. The van der Waals surface area contributed by atoms with E-state index >= 15 is 0 Å². The number of hydrogen-bond acceptors (Lipinski definition) is 1. The molecule has 1 rings (SSSR count). The number of amides is 1. The Morgan fingerprint density at radius 1 is 1.53 bits per heavy atom. The number of carbonyl (C=O) groups excluding carboxylic acids is 1. The Morgan fingerprint density at radius 2 is 2.20 bits per heavy atom. The molecular formula is C12H22BrNO. The van der Waals surface area contributed by atoms with Gasteiger partial charge >= 0.3 is 0 Å². The molecule has 1 saturated carbocycles. The van der Waals surface area contributed by atoms with Crippen molar-refractivity contribution < 1.29 is 4.79 Å². The highest BCUT2D eigenvalue weighted by Crippen LogP contribution is 2.48. The van der Waals surface area contributed by atoms with Crippen LogP contribution in [-0.4, -0.2) is 17.8 Å². The number of hydrogen-bond donors (Lipinski definition) is 1. The smallest absolute Gasteiger partial charge is 0.222 e. The van der Waals surface area contributed by atoms with Gasteiger partial charge in [0.25, 0.3) is 0 Å². The second-order valence-electron chi connectivity index (χ2n) is 4.85. The number of carbonyl (C=O) groups is 1. The molecule has 0 aliphatic heterocycles. The molecule has 1 atom stereocenters. The first-order valence-corrected chi connectivity index (χ1v) is 7.09. The summed E-state index contributed by atoms with van der Waals surface area (Å²) in [5.41, 5.74) is 0.436. The van der Waals surface area contributed by atoms with Gasteiger partial charge in [0.1, 0.15) is 0 Å². The summed E-state index contributed by atoms with van der Waals surface area (Å²) in [7, 11) is 0. The average Bonchev–Trinajstić information content (AvgIpc) is 2.96. The van der Waals surface area contributed by atoms with Crippen LogP contribution in [0.1, 0.15) is 46.0 Å². The maximum atomic E-state index is 11.7. The number of rotatable bonds is 7. The summed E-state index contributed by atoms with van der Waals surface area (Å²) < 4.78 is 0. The lowest BCUT2D eigenvalue weighted by Gasteiger charge is -2.17. The predicted molar refractivity (Wildman–Crippen MR) is 67.2 cm³/mol. The molecule has 0 spiro atoms. The van der Waals surface area contributed by atoms with Crippen LogP contribution in [-0.2, 0) is 4.79 Å². The van der Waals surface area contributed by atoms with Crippen molar-refractivity contribution in [1.29, 1.82) is 0 Å². The molecule has 0 aromatic rings. The van der Waals surface area contributed by atoms with Crippen LogP contribution >= 0.6 is 15.9 Å². The Morgan fingerprint density at radius 3 is 2.67 bits per heavy atom. The van der Waals surface area contributed by atoms with Crippen LogP contribution in [0.25, 0.3) is 0 Å². The number of halogens is 1. The molecule has 0 radical (unpaired) electrons. The Bertz CT molecular complexity index is 214. The van der Waals surface area contributed by atoms with Gasteiger partial charge in [0.15, 0.2) is 0 Å². The second kappa shape index (κ2) is 5.88. The summed E-state index contributed by atoms with van der Waals surface area (Å²) in [6, 6.07) is 0. The molecule has 0 heterocycles. The van der Waals surface area contributed by atoms with Crippen molar-refractivity contribution in [1.82, 2.24) is 5.32 Å². The molecule has 1 N–H and O–H groups in total. The molecule has 3 heteroatoms. The molecule has 88 valence electrons. The summed E-state index contributed by atoms with van der Waals surface area (Å²) in [4.78, 5) is 11.7. The van der Waals surface area contributed by atoms with Crippen LogP contribution in [0.2, 0.25) is 0 Å². The summed E-state index contributed by atoms with van der Waals surface area (Å²) in [5, 5.41) is 4.14. The molecule has 2 nitrogen and oxygen atoms in total. The van der Waals surface area contributed by atoms with Gasteiger partial charge < -0.3 is 5.32 Å². The third-order valence-electron chi connectivity index (χ3n) is 3.39. The lowest BCUT2D eigenvalue weighted by molar-refractivity contribution is -0.124. The van der Waals surface area contributed by atoms with Gasteiger partial charge in [-0.3, -0.25) is 4.79 Å². The van der Waals surface area contributed by atoms with Crippen molar-refractivity contribution >= 4 is 21.8 Å². The Labute approximate surface area is 101 Å². The Balaban J connectivity index is 2.22. The van der Waals surface area contributed by atoms with E-state index in [4.69, 9.17) is 0 Å². The maximum Gasteiger partial charge on any atom is 0.222 e. The second-order valence-corrected chi connectivity index (χ2v) is 5.64. The summed E-state index contributed by atoms with van der Waals surface area (Å²) >= 11 is 3.47. The van der Waals surface area contributed by atoms with Gasteiger partial charge in [-0.25, -0.2) is 0 Å². The van der Waals surface area contributed by atoms with Gasteiger partial charge in [-0.1, -0.05) is 36.2 Å². The highest BCUT2D eigenvalue weighted by Gasteiger charge is 2.41. The van der Waals surface area contributed by atoms with Gasteiger partial charge in [0, 0.05) is 17.8 Å². The molecule has 1 fully saturated rings. The zero-order valence-corrected chi connectivity index (χ0v) is 11.4. The van der Waals surface area contributed by atoms with E-state index in [1.807, 2.05) is 6.92 Å². The van der Waals surface area contributed by atoms with Crippen molar-refractivity contribution in [2.24, 2.45) is 11.3 Å². The third kappa shape index (κ3) is 4.13. The molecule has 1 aliphatic carbocycles. The zero-order valence-electron chi connectivity index (χ0n) is 9.81. The fourth-order valence-corrected chi connectivity index (χ4v) is 2.75. The minimum atomic E-state index is 0.176. The van der Waals surface area contributed by atoms with Crippen LogP contribution < -0.4 is 5.32 Å². The summed E-state index contributed by atoms with van der Waals surface area (Å²) in [6.07, 6.45) is 5.83. The Hall–Kier alpha value is -0.0500. The highest BCUT2D eigenvalue weighted by molar-refractivity contribution is 9.09. The van der Waals surface area contributed by atoms with Gasteiger partial charge in [0.05, 0.1) is 0 Å². The van der Waals surface area contributed by atoms with Crippen molar-refractivity contribution in [3.63, 3.8) is 0 Å². The van der Waals surface area contributed by atoms with Gasteiger partial charge in [-0.05, 0) is 31.1 Å². The molecule has 1 unspecified atom stereocenters. The quantitative estimate of drug-likeness (QED) is 0.711. The molecule has 0 aromatic heterocycles. The van der Waals surface area contributed by atoms with E-state index in [0.717, 1.165) is 24.7 Å². The minimum absolute atomic E-state index is 0.176. The van der Waals surface area contributed by atoms with E-state index in [1.54, 1.807) is 0 Å². The normalized spacial score (nSPS) is 19.7. The minimum Gasteiger partial charge on any atom is -0.355 e. The van der Waals surface area contributed by atoms with Gasteiger partial charge in [0.2, 0.25) is 5.91 Å². The van der Waals surface area contributed by atoms with Crippen molar-refractivity contribution in [3.8, 4) is 0 Å². The summed E-state index contributed by atoms with van der Waals surface area (Å²) in [5.74, 6) is 0.410. The van der Waals surface area contributed by atoms with E-state index < -0.39 is 0 Å². The SMILES string of the molecule is CCCC(C)C(=O)NCC1(CCBr)CC1. The Kier molecular flexibility index (Phi) is 5.10. The monoisotopic (exact) mass is 275 g/mol. The average molecular weight is 276 g/mol. The molecule has 15 heavy (non-hydrogen) atoms. The van der Waals surface area contributed by atoms with Gasteiger partial charge in [-0.2, -0.15) is 0 Å². The molecule has 0 saturated heterocycles. The maximum absolute atomic E-state index is 11.7. The fraction of sp³-hybridized carbons (Fsp3) is 0.917. The van der Waals surface area contributed by atoms with Crippen LogP contribution in [0.5, 0.6) is 0 Å². The van der Waals surface area contributed by atoms with Crippen molar-refractivity contribution in [2.75, 3.05) is 11.9 Å². The van der Waals surface area contributed by atoms with Crippen LogP contribution in [0.15, 0.2) is 0 Å². The first-order chi connectivity index (χ1) is 7.13. The molecule has 0 bridgehead atoms. The van der Waals surface area contributed by atoms with E-state index in [-0.39, 0.29) is 11.8 Å². The standard InChI is InChI=1S/C12H22BrNO/c1-3-4-10(2)11(15)14-9-12(5-6-12)7-8-13/h10H,3-9H2,1-2H3,(H,14,15). The van der Waals surface area contributed by atoms with Crippen LogP contribution in [0, 0.1) is 11.3 Å².